The summed E-state index contributed by atoms with van der Waals surface area (Å²) >= 11 is 0. The van der Waals surface area contributed by atoms with E-state index in [0.29, 0.717) is 18.3 Å². The molecular formula is C16H30N2O2. The lowest BCUT2D eigenvalue weighted by molar-refractivity contribution is -0.136. The minimum absolute atomic E-state index is 0.0385. The Morgan fingerprint density at radius 3 is 2.30 bits per heavy atom. The normalized spacial score (nSPS) is 34.8. The second kappa shape index (κ2) is 7.41. The average molecular weight is 282 g/mol. The fraction of sp³-hybridized carbons (Fsp3) is 0.938. The first-order valence-electron chi connectivity index (χ1n) is 8.25. The molecule has 2 aliphatic rings. The van der Waals surface area contributed by atoms with Crippen molar-refractivity contribution in [3.63, 3.8) is 0 Å². The van der Waals surface area contributed by atoms with Crippen molar-refractivity contribution >= 4 is 5.91 Å². The predicted molar refractivity (Wildman–Crippen MR) is 80.2 cm³/mol. The standard InChI is InChI=1S/C16H30N2O2/c1-18(14-4-2-3-5-15(14)19)16(20)10-12-6-8-13(11-17)9-7-12/h12-15,19H,2-11,17H2,1H3. The highest BCUT2D eigenvalue weighted by Gasteiger charge is 2.31. The molecule has 2 saturated carbocycles. The quantitative estimate of drug-likeness (QED) is 0.827. The van der Waals surface area contributed by atoms with Gasteiger partial charge in [0, 0.05) is 13.5 Å². The number of nitrogens with two attached hydrogens (primary N) is 1. The summed E-state index contributed by atoms with van der Waals surface area (Å²) in [5, 5.41) is 10.1. The first-order valence-corrected chi connectivity index (χ1v) is 8.25. The van der Waals surface area contributed by atoms with Crippen molar-refractivity contribution in [2.45, 2.75) is 69.9 Å². The molecule has 0 saturated heterocycles. The molecule has 0 spiro atoms. The van der Waals surface area contributed by atoms with Crippen LogP contribution in [0.25, 0.3) is 0 Å². The van der Waals surface area contributed by atoms with Gasteiger partial charge in [0.25, 0.3) is 0 Å². The van der Waals surface area contributed by atoms with Gasteiger partial charge in [-0.05, 0) is 56.9 Å². The number of carbonyl (C=O) groups is 1. The number of amides is 1. The van der Waals surface area contributed by atoms with Crippen LogP contribution in [0.4, 0.5) is 0 Å². The van der Waals surface area contributed by atoms with E-state index in [1.807, 2.05) is 11.9 Å². The van der Waals surface area contributed by atoms with Crippen LogP contribution in [0.15, 0.2) is 0 Å². The maximum absolute atomic E-state index is 12.4. The van der Waals surface area contributed by atoms with Gasteiger partial charge in [-0.3, -0.25) is 4.79 Å². The Morgan fingerprint density at radius 2 is 1.70 bits per heavy atom. The lowest BCUT2D eigenvalue weighted by Gasteiger charge is -2.36. The number of aliphatic hydroxyl groups is 1. The Labute approximate surface area is 122 Å². The van der Waals surface area contributed by atoms with Crippen molar-refractivity contribution in [3.8, 4) is 0 Å². The maximum Gasteiger partial charge on any atom is 0.222 e. The molecule has 2 rings (SSSR count). The SMILES string of the molecule is CN(C(=O)CC1CCC(CN)CC1)C1CCCCC1O. The minimum Gasteiger partial charge on any atom is -0.391 e. The van der Waals surface area contributed by atoms with E-state index in [2.05, 4.69) is 0 Å². The van der Waals surface area contributed by atoms with Crippen LogP contribution in [-0.4, -0.2) is 41.7 Å². The van der Waals surface area contributed by atoms with Gasteiger partial charge in [0.2, 0.25) is 5.91 Å². The Kier molecular flexibility index (Phi) is 5.85. The van der Waals surface area contributed by atoms with Gasteiger partial charge in [0.1, 0.15) is 0 Å². The van der Waals surface area contributed by atoms with Crippen molar-refractivity contribution in [2.75, 3.05) is 13.6 Å². The van der Waals surface area contributed by atoms with Gasteiger partial charge in [0.05, 0.1) is 12.1 Å². The molecule has 0 aliphatic heterocycles. The van der Waals surface area contributed by atoms with Gasteiger partial charge < -0.3 is 15.7 Å². The fourth-order valence-corrected chi connectivity index (χ4v) is 3.79. The molecule has 4 heteroatoms. The van der Waals surface area contributed by atoms with E-state index in [-0.39, 0.29) is 18.1 Å². The summed E-state index contributed by atoms with van der Waals surface area (Å²) < 4.78 is 0. The van der Waals surface area contributed by atoms with Crippen molar-refractivity contribution in [2.24, 2.45) is 17.6 Å². The summed E-state index contributed by atoms with van der Waals surface area (Å²) in [5.74, 6) is 1.40. The number of rotatable bonds is 4. The summed E-state index contributed by atoms with van der Waals surface area (Å²) in [6, 6.07) is 0.0385. The predicted octanol–water partition coefficient (Wildman–Crippen LogP) is 1.90. The number of carbonyl (C=O) groups excluding carboxylic acids is 1. The van der Waals surface area contributed by atoms with Crippen molar-refractivity contribution in [3.05, 3.63) is 0 Å². The molecule has 3 N–H and O–H groups in total. The summed E-state index contributed by atoms with van der Waals surface area (Å²) in [5.41, 5.74) is 5.71. The molecule has 0 bridgehead atoms. The Hall–Kier alpha value is -0.610. The second-order valence-corrected chi connectivity index (χ2v) is 6.75. The first-order chi connectivity index (χ1) is 9.61. The molecular weight excluding hydrogens is 252 g/mol. The van der Waals surface area contributed by atoms with Crippen LogP contribution in [0.2, 0.25) is 0 Å². The Morgan fingerprint density at radius 1 is 1.10 bits per heavy atom. The molecule has 0 aromatic carbocycles. The lowest BCUT2D eigenvalue weighted by Crippen LogP contribution is -2.46. The molecule has 1 amide bonds. The van der Waals surface area contributed by atoms with Gasteiger partial charge in [-0.25, -0.2) is 0 Å². The maximum atomic E-state index is 12.4. The van der Waals surface area contributed by atoms with Gasteiger partial charge in [0.15, 0.2) is 0 Å². The van der Waals surface area contributed by atoms with Crippen LogP contribution in [-0.2, 0) is 4.79 Å². The van der Waals surface area contributed by atoms with E-state index in [9.17, 15) is 9.90 Å². The zero-order valence-electron chi connectivity index (χ0n) is 12.8. The van der Waals surface area contributed by atoms with E-state index in [4.69, 9.17) is 5.73 Å². The molecule has 116 valence electrons. The number of nitrogens with zero attached hydrogens (tertiary/aromatic N) is 1. The highest BCUT2D eigenvalue weighted by molar-refractivity contribution is 5.76. The third-order valence-electron chi connectivity index (χ3n) is 5.35. The Balaban J connectivity index is 1.79. The highest BCUT2D eigenvalue weighted by Crippen LogP contribution is 2.31. The topological polar surface area (TPSA) is 66.6 Å². The van der Waals surface area contributed by atoms with E-state index in [1.165, 1.54) is 12.8 Å². The zero-order chi connectivity index (χ0) is 14.5. The molecule has 2 fully saturated rings. The number of hydrogen-bond donors (Lipinski definition) is 2. The monoisotopic (exact) mass is 282 g/mol. The Bertz CT molecular complexity index is 314. The van der Waals surface area contributed by atoms with Crippen LogP contribution in [0.1, 0.15) is 57.8 Å². The van der Waals surface area contributed by atoms with Gasteiger partial charge >= 0.3 is 0 Å². The smallest absolute Gasteiger partial charge is 0.222 e. The van der Waals surface area contributed by atoms with E-state index >= 15 is 0 Å². The van der Waals surface area contributed by atoms with Gasteiger partial charge in [-0.2, -0.15) is 0 Å². The number of likely N-dealkylation sites (N-methyl/N-ethyl adjacent to an activating group) is 1. The molecule has 2 atom stereocenters. The first kappa shape index (κ1) is 15.8. The van der Waals surface area contributed by atoms with Crippen LogP contribution < -0.4 is 5.73 Å². The molecule has 0 aromatic heterocycles. The van der Waals surface area contributed by atoms with E-state index in [1.54, 1.807) is 0 Å². The number of aliphatic hydroxyl groups excluding tert-OH is 1. The fourth-order valence-electron chi connectivity index (χ4n) is 3.79. The molecule has 0 aromatic rings. The second-order valence-electron chi connectivity index (χ2n) is 6.75. The summed E-state index contributed by atoms with van der Waals surface area (Å²) in [4.78, 5) is 14.2. The summed E-state index contributed by atoms with van der Waals surface area (Å²) in [7, 11) is 1.87. The lowest BCUT2D eigenvalue weighted by atomic mass is 9.80. The van der Waals surface area contributed by atoms with Crippen molar-refractivity contribution in [1.29, 1.82) is 0 Å². The summed E-state index contributed by atoms with van der Waals surface area (Å²) in [6.07, 6.45) is 8.93. The van der Waals surface area contributed by atoms with Crippen molar-refractivity contribution in [1.82, 2.24) is 4.90 Å². The molecule has 0 heterocycles. The van der Waals surface area contributed by atoms with Crippen molar-refractivity contribution < 1.29 is 9.90 Å². The summed E-state index contributed by atoms with van der Waals surface area (Å²) in [6.45, 7) is 0.787. The number of hydrogen-bond acceptors (Lipinski definition) is 3. The molecule has 0 radical (unpaired) electrons. The van der Waals surface area contributed by atoms with Crippen LogP contribution >= 0.6 is 0 Å². The third-order valence-corrected chi connectivity index (χ3v) is 5.35. The third kappa shape index (κ3) is 3.95. The average Bonchev–Trinajstić information content (AvgIpc) is 2.48. The molecule has 2 aliphatic carbocycles. The van der Waals surface area contributed by atoms with E-state index < -0.39 is 0 Å². The van der Waals surface area contributed by atoms with Crippen LogP contribution in [0.3, 0.4) is 0 Å². The molecule has 20 heavy (non-hydrogen) atoms. The molecule has 2 unspecified atom stereocenters. The van der Waals surface area contributed by atoms with Crippen LogP contribution in [0.5, 0.6) is 0 Å². The van der Waals surface area contributed by atoms with E-state index in [0.717, 1.165) is 45.1 Å². The zero-order valence-corrected chi connectivity index (χ0v) is 12.8. The highest BCUT2D eigenvalue weighted by atomic mass is 16.3. The van der Waals surface area contributed by atoms with Gasteiger partial charge in [-0.15, -0.1) is 0 Å². The van der Waals surface area contributed by atoms with Gasteiger partial charge in [-0.1, -0.05) is 12.8 Å². The molecule has 4 nitrogen and oxygen atoms in total. The van der Waals surface area contributed by atoms with Crippen LogP contribution in [0, 0.1) is 11.8 Å². The largest absolute Gasteiger partial charge is 0.391 e. The minimum atomic E-state index is -0.328.